The van der Waals surface area contributed by atoms with Gasteiger partial charge in [-0.3, -0.25) is 9.59 Å². The number of amides is 2. The number of nitrogens with zero attached hydrogens (tertiary/aromatic N) is 2. The van der Waals surface area contributed by atoms with Gasteiger partial charge in [0.1, 0.15) is 12.4 Å². The third-order valence-corrected chi connectivity index (χ3v) is 7.36. The van der Waals surface area contributed by atoms with Gasteiger partial charge in [-0.1, -0.05) is 76.6 Å². The van der Waals surface area contributed by atoms with Gasteiger partial charge in [0.2, 0.25) is 5.91 Å². The zero-order valence-corrected chi connectivity index (χ0v) is 24.0. The van der Waals surface area contributed by atoms with Crippen molar-refractivity contribution >= 4 is 22.7 Å². The predicted octanol–water partition coefficient (Wildman–Crippen LogP) is 7.12. The van der Waals surface area contributed by atoms with Crippen molar-refractivity contribution < 1.29 is 14.0 Å². The monoisotopic (exact) mass is 541 g/mol. The Morgan fingerprint density at radius 2 is 1.57 bits per heavy atom. The minimum atomic E-state index is -0.311. The molecule has 0 fully saturated rings. The fourth-order valence-corrected chi connectivity index (χ4v) is 4.86. The molecule has 0 saturated carbocycles. The lowest BCUT2D eigenvalue weighted by atomic mass is 9.86. The first-order chi connectivity index (χ1) is 19.2. The summed E-state index contributed by atoms with van der Waals surface area (Å²) in [6.45, 7) is 9.83. The lowest BCUT2D eigenvalue weighted by molar-refractivity contribution is -0.132. The molecule has 210 valence electrons. The molecule has 1 aromatic heterocycles. The van der Waals surface area contributed by atoms with Crippen molar-refractivity contribution in [2.24, 2.45) is 0 Å². The highest BCUT2D eigenvalue weighted by Gasteiger charge is 2.23. The lowest BCUT2D eigenvalue weighted by Gasteiger charge is -2.28. The molecule has 4 rings (SSSR count). The van der Waals surface area contributed by atoms with Gasteiger partial charge in [0.05, 0.1) is 0 Å². The number of aromatic nitrogens is 1. The zero-order valence-electron chi connectivity index (χ0n) is 24.0. The van der Waals surface area contributed by atoms with Gasteiger partial charge < -0.3 is 14.8 Å². The van der Waals surface area contributed by atoms with E-state index >= 15 is 0 Å². The van der Waals surface area contributed by atoms with E-state index < -0.39 is 0 Å². The highest BCUT2D eigenvalue weighted by Crippen LogP contribution is 2.23. The van der Waals surface area contributed by atoms with Gasteiger partial charge in [-0.2, -0.15) is 0 Å². The maximum absolute atomic E-state index is 13.8. The number of fused-ring (bicyclic) bond motifs is 1. The van der Waals surface area contributed by atoms with Crippen LogP contribution in [0.25, 0.3) is 10.9 Å². The number of H-pyrrole nitrogens is 1. The minimum absolute atomic E-state index is 0.00502. The number of hydrogen-bond acceptors (Lipinski definition) is 2. The van der Waals surface area contributed by atoms with E-state index in [9.17, 15) is 14.0 Å². The van der Waals surface area contributed by atoms with Crippen molar-refractivity contribution in [2.75, 3.05) is 19.6 Å². The van der Waals surface area contributed by atoms with E-state index in [1.807, 2.05) is 48.7 Å². The van der Waals surface area contributed by atoms with E-state index in [0.717, 1.165) is 40.4 Å². The third-order valence-electron chi connectivity index (χ3n) is 7.36. The summed E-state index contributed by atoms with van der Waals surface area (Å²) >= 11 is 0. The summed E-state index contributed by atoms with van der Waals surface area (Å²) in [5, 5.41) is 1.13. The van der Waals surface area contributed by atoms with Crippen LogP contribution in [0.3, 0.4) is 0 Å². The summed E-state index contributed by atoms with van der Waals surface area (Å²) in [6, 6.07) is 22.1. The zero-order chi connectivity index (χ0) is 28.7. The number of para-hydroxylation sites is 1. The molecule has 0 aliphatic heterocycles. The van der Waals surface area contributed by atoms with Crippen LogP contribution in [0.15, 0.2) is 79.0 Å². The van der Waals surface area contributed by atoms with Crippen LogP contribution in [-0.2, 0) is 23.2 Å². The van der Waals surface area contributed by atoms with Crippen molar-refractivity contribution in [3.05, 3.63) is 107 Å². The number of carbonyl (C=O) groups is 2. The normalized spacial score (nSPS) is 11.5. The van der Waals surface area contributed by atoms with E-state index in [1.165, 1.54) is 12.1 Å². The first kappa shape index (κ1) is 29.1. The Morgan fingerprint density at radius 1 is 0.875 bits per heavy atom. The number of unbranched alkanes of at least 4 members (excludes halogenated alkanes) is 1. The Morgan fingerprint density at radius 3 is 2.25 bits per heavy atom. The van der Waals surface area contributed by atoms with E-state index in [0.29, 0.717) is 31.6 Å². The topological polar surface area (TPSA) is 56.4 Å². The van der Waals surface area contributed by atoms with E-state index in [1.54, 1.807) is 21.9 Å². The molecule has 1 heterocycles. The quantitative estimate of drug-likeness (QED) is 0.220. The van der Waals surface area contributed by atoms with Crippen LogP contribution in [0.4, 0.5) is 4.39 Å². The molecule has 1 N–H and O–H groups in total. The molecule has 0 saturated heterocycles. The number of hydrogen-bond donors (Lipinski definition) is 1. The molecule has 5 nitrogen and oxygen atoms in total. The number of benzene rings is 3. The fraction of sp³-hybridized carbons (Fsp3) is 0.353. The molecule has 0 bridgehead atoms. The SMILES string of the molecule is CCCCN(CC(=O)N(CCc1c[nH]c2ccccc12)Cc1ccc(F)cc1)C(=O)c1ccc(C(C)(C)C)cc1. The molecule has 0 radical (unpaired) electrons. The van der Waals surface area contributed by atoms with Crippen molar-refractivity contribution in [3.8, 4) is 0 Å². The number of halogens is 1. The molecule has 4 aromatic rings. The first-order valence-corrected chi connectivity index (χ1v) is 14.1. The highest BCUT2D eigenvalue weighted by molar-refractivity contribution is 5.96. The van der Waals surface area contributed by atoms with Crippen LogP contribution in [0.2, 0.25) is 0 Å². The van der Waals surface area contributed by atoms with E-state index in [-0.39, 0.29) is 29.6 Å². The molecule has 40 heavy (non-hydrogen) atoms. The number of carbonyl (C=O) groups excluding carboxylic acids is 2. The van der Waals surface area contributed by atoms with E-state index in [4.69, 9.17) is 0 Å². The number of aromatic amines is 1. The first-order valence-electron chi connectivity index (χ1n) is 14.1. The Hall–Kier alpha value is -3.93. The van der Waals surface area contributed by atoms with Gasteiger partial charge in [-0.05, 0) is 65.3 Å². The summed E-state index contributed by atoms with van der Waals surface area (Å²) in [4.78, 5) is 34.1. The molecule has 0 atom stereocenters. The maximum atomic E-state index is 13.8. The summed E-state index contributed by atoms with van der Waals surface area (Å²) in [5.74, 6) is -0.574. The van der Waals surface area contributed by atoms with Gasteiger partial charge in [0.15, 0.2) is 0 Å². The second kappa shape index (κ2) is 12.9. The molecular weight excluding hydrogens is 501 g/mol. The summed E-state index contributed by atoms with van der Waals surface area (Å²) in [5.41, 5.74) is 4.76. The smallest absolute Gasteiger partial charge is 0.254 e. The standard InChI is InChI=1S/C34H40FN3O2/c1-5-6-20-38(33(40)26-13-15-28(16-14-26)34(2,3)4)24-32(39)37(23-25-11-17-29(35)18-12-25)21-19-27-22-36-31-10-8-7-9-30(27)31/h7-18,22,36H,5-6,19-21,23-24H2,1-4H3. The van der Waals surface area contributed by atoms with Crippen LogP contribution in [0, 0.1) is 5.82 Å². The largest absolute Gasteiger partial charge is 0.361 e. The molecule has 0 spiro atoms. The van der Waals surface area contributed by atoms with Crippen LogP contribution in [0.5, 0.6) is 0 Å². The van der Waals surface area contributed by atoms with Gasteiger partial charge in [0.25, 0.3) is 5.91 Å². The highest BCUT2D eigenvalue weighted by atomic mass is 19.1. The Kier molecular flexibility index (Phi) is 9.41. The van der Waals surface area contributed by atoms with Gasteiger partial charge in [-0.25, -0.2) is 4.39 Å². The van der Waals surface area contributed by atoms with Crippen molar-refractivity contribution in [3.63, 3.8) is 0 Å². The van der Waals surface area contributed by atoms with Crippen molar-refractivity contribution in [1.29, 1.82) is 0 Å². The van der Waals surface area contributed by atoms with Gasteiger partial charge in [0, 0.05) is 42.3 Å². The van der Waals surface area contributed by atoms with Crippen LogP contribution in [0.1, 0.15) is 67.6 Å². The second-order valence-electron chi connectivity index (χ2n) is 11.5. The van der Waals surface area contributed by atoms with Crippen LogP contribution < -0.4 is 0 Å². The van der Waals surface area contributed by atoms with Crippen molar-refractivity contribution in [2.45, 2.75) is 58.9 Å². The predicted molar refractivity (Wildman–Crippen MR) is 160 cm³/mol. The average molecular weight is 542 g/mol. The fourth-order valence-electron chi connectivity index (χ4n) is 4.86. The third kappa shape index (κ3) is 7.38. The summed E-state index contributed by atoms with van der Waals surface area (Å²) in [7, 11) is 0. The average Bonchev–Trinajstić information content (AvgIpc) is 3.36. The molecule has 6 heteroatoms. The minimum Gasteiger partial charge on any atom is -0.361 e. The van der Waals surface area contributed by atoms with E-state index in [2.05, 4.69) is 38.7 Å². The van der Waals surface area contributed by atoms with Crippen LogP contribution >= 0.6 is 0 Å². The Bertz CT molecular complexity index is 1420. The molecule has 2 amide bonds. The van der Waals surface area contributed by atoms with Gasteiger partial charge >= 0.3 is 0 Å². The second-order valence-corrected chi connectivity index (χ2v) is 11.5. The van der Waals surface area contributed by atoms with Crippen LogP contribution in [-0.4, -0.2) is 46.2 Å². The molecule has 0 aliphatic carbocycles. The van der Waals surface area contributed by atoms with Crippen molar-refractivity contribution in [1.82, 2.24) is 14.8 Å². The Labute approximate surface area is 237 Å². The molecule has 0 unspecified atom stereocenters. The molecular formula is C34H40FN3O2. The number of nitrogens with one attached hydrogen (secondary N) is 1. The molecule has 0 aliphatic rings. The number of rotatable bonds is 11. The summed E-state index contributed by atoms with van der Waals surface area (Å²) in [6.07, 6.45) is 4.38. The Balaban J connectivity index is 1.54. The molecule has 3 aromatic carbocycles. The summed E-state index contributed by atoms with van der Waals surface area (Å²) < 4.78 is 13.6. The maximum Gasteiger partial charge on any atom is 0.254 e. The van der Waals surface area contributed by atoms with Gasteiger partial charge in [-0.15, -0.1) is 0 Å². The lowest BCUT2D eigenvalue weighted by Crippen LogP contribution is -2.43.